The summed E-state index contributed by atoms with van der Waals surface area (Å²) in [4.78, 5) is 21.4. The van der Waals surface area contributed by atoms with E-state index >= 15 is 0 Å². The fourth-order valence-corrected chi connectivity index (χ4v) is 10.9. The molecule has 12 rings (SSSR count). The molecule has 0 saturated carbocycles. The molecule has 0 spiro atoms. The highest BCUT2D eigenvalue weighted by Crippen LogP contribution is 2.44. The first kappa shape index (κ1) is 54.5. The van der Waals surface area contributed by atoms with Crippen LogP contribution in [-0.4, -0.2) is 42.1 Å². The molecule has 79 heavy (non-hydrogen) atoms. The van der Waals surface area contributed by atoms with Gasteiger partial charge in [0.1, 0.15) is 0 Å². The van der Waals surface area contributed by atoms with Crippen LogP contribution in [0.3, 0.4) is 0 Å². The van der Waals surface area contributed by atoms with Crippen LogP contribution in [0.15, 0.2) is 286 Å². The molecule has 5 heterocycles. The molecule has 0 atom stereocenters. The zero-order chi connectivity index (χ0) is 54.5. The Balaban J connectivity index is 0.000000230. The van der Waals surface area contributed by atoms with Gasteiger partial charge in [0.05, 0.1) is 0 Å². The van der Waals surface area contributed by atoms with Crippen molar-refractivity contribution in [2.24, 2.45) is 0 Å². The van der Waals surface area contributed by atoms with Crippen LogP contribution in [0.25, 0.3) is 100 Å². The summed E-state index contributed by atoms with van der Waals surface area (Å²) in [6, 6.07) is 71.2. The van der Waals surface area contributed by atoms with Gasteiger partial charge in [0.15, 0.2) is 0 Å². The van der Waals surface area contributed by atoms with Crippen molar-refractivity contribution in [3.8, 4) is 100 Å². The number of hydrogen-bond acceptors (Lipinski definition) is 7. The van der Waals surface area contributed by atoms with Crippen LogP contribution in [0, 0.1) is 0 Å². The number of aromatic nitrogens is 5. The van der Waals surface area contributed by atoms with Crippen molar-refractivity contribution in [3.63, 3.8) is 0 Å². The number of nitrogens with zero attached hydrogens (tertiary/aromatic N) is 5. The maximum Gasteiger partial charge on any atom is 0.488 e. The highest BCUT2D eigenvalue weighted by atomic mass is 79.9. The Bertz CT molecular complexity index is 3480. The standard InChI is InChI=1S/C50H34N4.C11H10BNO2.C6H2Br4/c1-5-43(31-51-25-1)35-9-17-39(18-10-35)47-29-49(41-21-13-37(14-22-41)45-7-3-27-53-33-45)50(42-23-15-38(16-24-42)46-8-4-28-54-34-46)30-48(47)40-19-11-36(12-20-40)44-6-2-26-52-32-44;14-12(15)11-5-3-9(4-6-11)10-2-1-7-13-8-10;7-3-1-4(8)6(10)2-5(3)9/h1-34H;1-8,14-15H;1-2H. The average molecular weight is 1280 g/mol. The average Bonchev–Trinajstić information content (AvgIpc) is 3.59. The van der Waals surface area contributed by atoms with Gasteiger partial charge in [-0.25, -0.2) is 0 Å². The Hall–Kier alpha value is -7.81. The molecular formula is C67H46BBr4N5O2. The lowest BCUT2D eigenvalue weighted by atomic mass is 9.80. The van der Waals surface area contributed by atoms with Crippen molar-refractivity contribution >= 4 is 76.3 Å². The molecule has 7 nitrogen and oxygen atoms in total. The third-order valence-corrected chi connectivity index (χ3v) is 16.8. The predicted octanol–water partition coefficient (Wildman–Crippen LogP) is 17.8. The Labute approximate surface area is 493 Å². The van der Waals surface area contributed by atoms with Crippen LogP contribution in [0.2, 0.25) is 0 Å². The quantitative estimate of drug-likeness (QED) is 0.104. The largest absolute Gasteiger partial charge is 0.488 e. The first-order valence-electron chi connectivity index (χ1n) is 25.0. The molecule has 0 amide bonds. The number of pyridine rings is 5. The van der Waals surface area contributed by atoms with Crippen molar-refractivity contribution in [2.75, 3.05) is 0 Å². The third kappa shape index (κ3) is 13.7. The van der Waals surface area contributed by atoms with Gasteiger partial charge in [-0.1, -0.05) is 152 Å². The van der Waals surface area contributed by atoms with E-state index in [-0.39, 0.29) is 0 Å². The summed E-state index contributed by atoms with van der Waals surface area (Å²) in [5.41, 5.74) is 20.6. The SMILES string of the molecule is Brc1cc(Br)c(Br)cc1Br.OB(O)c1ccc(-c2cccnc2)cc1.c1cncc(-c2ccc(-c3cc(-c4ccc(-c5cccnc5)cc4)c(-c4ccc(-c5cccnc5)cc4)cc3-c3ccc(-c4cccnc4)cc3)cc2)c1. The smallest absolute Gasteiger partial charge is 0.423 e. The van der Waals surface area contributed by atoms with E-state index in [1.54, 1.807) is 24.5 Å². The van der Waals surface area contributed by atoms with Crippen molar-refractivity contribution < 1.29 is 10.0 Å². The Kier molecular flexibility index (Phi) is 18.1. The zero-order valence-electron chi connectivity index (χ0n) is 42.1. The summed E-state index contributed by atoms with van der Waals surface area (Å²) in [5.74, 6) is 0. The molecule has 12 aromatic rings. The minimum absolute atomic E-state index is 0.489. The summed E-state index contributed by atoms with van der Waals surface area (Å²) >= 11 is 13.5. The third-order valence-electron chi connectivity index (χ3n) is 13.1. The molecule has 7 aromatic carbocycles. The maximum atomic E-state index is 8.93. The van der Waals surface area contributed by atoms with Crippen molar-refractivity contribution in [3.05, 3.63) is 286 Å². The van der Waals surface area contributed by atoms with Gasteiger partial charge in [0, 0.05) is 79.9 Å². The van der Waals surface area contributed by atoms with E-state index in [0.29, 0.717) is 5.46 Å². The Morgan fingerprint density at radius 3 is 0.633 bits per heavy atom. The second-order valence-electron chi connectivity index (χ2n) is 18.1. The minimum atomic E-state index is -1.41. The minimum Gasteiger partial charge on any atom is -0.423 e. The van der Waals surface area contributed by atoms with E-state index in [0.717, 1.165) is 118 Å². The van der Waals surface area contributed by atoms with Gasteiger partial charge in [-0.05, 0) is 224 Å². The number of halogens is 4. The number of rotatable bonds is 10. The van der Waals surface area contributed by atoms with Crippen molar-refractivity contribution in [1.29, 1.82) is 0 Å². The van der Waals surface area contributed by atoms with E-state index in [9.17, 15) is 0 Å². The number of benzene rings is 7. The molecule has 0 bridgehead atoms. The van der Waals surface area contributed by atoms with Gasteiger partial charge in [-0.2, -0.15) is 0 Å². The molecule has 12 heteroatoms. The second-order valence-corrected chi connectivity index (χ2v) is 21.6. The van der Waals surface area contributed by atoms with Gasteiger partial charge in [0.25, 0.3) is 0 Å². The highest BCUT2D eigenvalue weighted by molar-refractivity contribution is 9.14. The molecule has 0 aliphatic rings. The van der Waals surface area contributed by atoms with Gasteiger partial charge in [-0.15, -0.1) is 0 Å². The fourth-order valence-electron chi connectivity index (χ4n) is 8.94. The van der Waals surface area contributed by atoms with E-state index < -0.39 is 7.12 Å². The molecule has 0 radical (unpaired) electrons. The van der Waals surface area contributed by atoms with E-state index in [1.165, 1.54) is 0 Å². The summed E-state index contributed by atoms with van der Waals surface area (Å²) in [7, 11) is -1.41. The molecular weight excluding hydrogens is 1240 g/mol. The van der Waals surface area contributed by atoms with E-state index in [4.69, 9.17) is 10.0 Å². The Morgan fingerprint density at radius 1 is 0.241 bits per heavy atom. The van der Waals surface area contributed by atoms with Gasteiger partial charge in [-0.3, -0.25) is 24.9 Å². The fraction of sp³-hybridized carbons (Fsp3) is 0. The number of hydrogen-bond donors (Lipinski definition) is 2. The normalized spacial score (nSPS) is 10.7. The summed E-state index contributed by atoms with van der Waals surface area (Å²) in [6.45, 7) is 0. The summed E-state index contributed by atoms with van der Waals surface area (Å²) in [5, 5.41) is 17.9. The van der Waals surface area contributed by atoms with E-state index in [2.05, 4.69) is 222 Å². The monoisotopic (exact) mass is 1280 g/mol. The van der Waals surface area contributed by atoms with Crippen LogP contribution < -0.4 is 5.46 Å². The van der Waals surface area contributed by atoms with Crippen LogP contribution in [0.5, 0.6) is 0 Å². The van der Waals surface area contributed by atoms with Gasteiger partial charge >= 0.3 is 7.12 Å². The molecule has 5 aromatic heterocycles. The van der Waals surface area contributed by atoms with Gasteiger partial charge < -0.3 is 10.0 Å². The van der Waals surface area contributed by atoms with E-state index in [1.807, 2.05) is 110 Å². The van der Waals surface area contributed by atoms with Crippen LogP contribution in [0.1, 0.15) is 0 Å². The molecule has 0 aliphatic carbocycles. The first-order valence-corrected chi connectivity index (χ1v) is 28.2. The van der Waals surface area contributed by atoms with Gasteiger partial charge in [0.2, 0.25) is 0 Å². The summed E-state index contributed by atoms with van der Waals surface area (Å²) < 4.78 is 4.18. The maximum absolute atomic E-state index is 8.93. The van der Waals surface area contributed by atoms with Crippen molar-refractivity contribution in [2.45, 2.75) is 0 Å². The molecule has 382 valence electrons. The van der Waals surface area contributed by atoms with Crippen LogP contribution in [0.4, 0.5) is 0 Å². The first-order chi connectivity index (χ1) is 38.6. The second kappa shape index (κ2) is 26.2. The lowest BCUT2D eigenvalue weighted by Gasteiger charge is -2.19. The lowest BCUT2D eigenvalue weighted by molar-refractivity contribution is 0.426. The predicted molar refractivity (Wildman–Crippen MR) is 338 cm³/mol. The molecule has 0 saturated heterocycles. The summed E-state index contributed by atoms with van der Waals surface area (Å²) in [6.07, 6.45) is 18.4. The zero-order valence-corrected chi connectivity index (χ0v) is 48.5. The van der Waals surface area contributed by atoms with Crippen LogP contribution in [-0.2, 0) is 0 Å². The Morgan fingerprint density at radius 2 is 0.443 bits per heavy atom. The topological polar surface area (TPSA) is 105 Å². The lowest BCUT2D eigenvalue weighted by Crippen LogP contribution is -2.29. The molecule has 0 fully saturated rings. The van der Waals surface area contributed by atoms with Crippen molar-refractivity contribution in [1.82, 2.24) is 24.9 Å². The van der Waals surface area contributed by atoms with Crippen LogP contribution >= 0.6 is 63.7 Å². The molecule has 0 aliphatic heterocycles. The molecule has 2 N–H and O–H groups in total. The molecule has 0 unspecified atom stereocenters. The highest BCUT2D eigenvalue weighted by Gasteiger charge is 2.18.